The van der Waals surface area contributed by atoms with Crippen LogP contribution in [0.25, 0.3) is 0 Å². The van der Waals surface area contributed by atoms with E-state index in [2.05, 4.69) is 74.6 Å². The van der Waals surface area contributed by atoms with Crippen LogP contribution in [0.3, 0.4) is 0 Å². The zero-order valence-corrected chi connectivity index (χ0v) is 24.3. The fourth-order valence-electron chi connectivity index (χ4n) is 4.72. The van der Waals surface area contributed by atoms with Crippen molar-refractivity contribution in [3.8, 4) is 0 Å². The van der Waals surface area contributed by atoms with Crippen LogP contribution in [-0.4, -0.2) is 38.9 Å². The number of esters is 1. The molecule has 0 saturated carbocycles. The number of hydrogen-bond donors (Lipinski definition) is 1. The van der Waals surface area contributed by atoms with Crippen molar-refractivity contribution in [3.05, 3.63) is 65.2 Å². The molecule has 0 heterocycles. The van der Waals surface area contributed by atoms with E-state index in [1.807, 2.05) is 0 Å². The normalized spacial score (nSPS) is 12.6. The number of methoxy groups -OCH3 is 1. The number of benzene rings is 2. The molecule has 36 heavy (non-hydrogen) atoms. The number of alkyl carbamates (subject to hydrolysis) is 1. The summed E-state index contributed by atoms with van der Waals surface area (Å²) in [5.74, 6) is -0.482. The molecule has 0 radical (unpaired) electrons. The minimum Gasteiger partial charge on any atom is -0.467 e. The summed E-state index contributed by atoms with van der Waals surface area (Å²) in [5.41, 5.74) is 3.08. The third kappa shape index (κ3) is 9.12. The van der Waals surface area contributed by atoms with E-state index in [1.165, 1.54) is 54.4 Å². The van der Waals surface area contributed by atoms with Crippen molar-refractivity contribution in [2.75, 3.05) is 7.11 Å². The van der Waals surface area contributed by atoms with E-state index >= 15 is 0 Å². The Morgan fingerprint density at radius 2 is 1.50 bits per heavy atom. The van der Waals surface area contributed by atoms with Crippen molar-refractivity contribution >= 4 is 25.3 Å². The average Bonchev–Trinajstić information content (AvgIpc) is 2.84. The number of carbonyl (C=O) groups excluding carboxylic acids is 2. The van der Waals surface area contributed by atoms with Gasteiger partial charge in [0.2, 0.25) is 0 Å². The first-order valence-corrected chi connectivity index (χ1v) is 15.9. The summed E-state index contributed by atoms with van der Waals surface area (Å²) in [6.07, 6.45) is 3.33. The molecule has 0 bridgehead atoms. The number of rotatable bonds is 12. The van der Waals surface area contributed by atoms with Crippen LogP contribution in [0.5, 0.6) is 0 Å². The molecule has 0 aliphatic carbocycles. The number of carbonyl (C=O) groups is 2. The number of ether oxygens (including phenoxy) is 2. The summed E-state index contributed by atoms with van der Waals surface area (Å²) in [6.45, 7) is 12.2. The van der Waals surface area contributed by atoms with Gasteiger partial charge in [-0.05, 0) is 51.7 Å². The van der Waals surface area contributed by atoms with E-state index < -0.39 is 31.8 Å². The highest BCUT2D eigenvalue weighted by Gasteiger charge is 2.31. The Balaban J connectivity index is 2.04. The summed E-state index contributed by atoms with van der Waals surface area (Å²) < 4.78 is 10.2. The van der Waals surface area contributed by atoms with E-state index in [-0.39, 0.29) is 0 Å². The van der Waals surface area contributed by atoms with Gasteiger partial charge in [-0.2, -0.15) is 0 Å². The maximum atomic E-state index is 12.3. The Kier molecular flexibility index (Phi) is 11.2. The van der Waals surface area contributed by atoms with Gasteiger partial charge in [-0.1, -0.05) is 97.7 Å². The Morgan fingerprint density at radius 1 is 0.917 bits per heavy atom. The van der Waals surface area contributed by atoms with Gasteiger partial charge in [0, 0.05) is 6.42 Å². The van der Waals surface area contributed by atoms with Crippen LogP contribution in [0.2, 0.25) is 18.1 Å². The predicted molar refractivity (Wildman–Crippen MR) is 151 cm³/mol. The molecular formula is C30H45NO4Si. The van der Waals surface area contributed by atoms with Crippen LogP contribution in [0.1, 0.15) is 64.2 Å². The van der Waals surface area contributed by atoms with E-state index in [1.54, 1.807) is 20.8 Å². The van der Waals surface area contributed by atoms with Gasteiger partial charge in [0.05, 0.1) is 15.2 Å². The molecule has 2 aromatic rings. The minimum absolute atomic E-state index is 0.357. The second kappa shape index (κ2) is 13.6. The lowest BCUT2D eigenvalue weighted by Gasteiger charge is -2.30. The molecular weight excluding hydrogens is 466 g/mol. The zero-order chi connectivity index (χ0) is 26.8. The first-order valence-electron chi connectivity index (χ1n) is 13.2. The second-order valence-corrected chi connectivity index (χ2v) is 15.9. The fraction of sp³-hybridized carbons (Fsp3) is 0.533. The van der Waals surface area contributed by atoms with Crippen molar-refractivity contribution in [3.63, 3.8) is 0 Å². The first-order chi connectivity index (χ1) is 17.0. The van der Waals surface area contributed by atoms with Crippen LogP contribution in [0.15, 0.2) is 48.5 Å². The number of aryl methyl sites for hydroxylation is 2. The van der Waals surface area contributed by atoms with Gasteiger partial charge in [0.15, 0.2) is 0 Å². The molecule has 0 saturated heterocycles. The Morgan fingerprint density at radius 3 is 2.03 bits per heavy atom. The van der Waals surface area contributed by atoms with Crippen molar-refractivity contribution in [2.24, 2.45) is 0 Å². The highest BCUT2D eigenvalue weighted by Crippen LogP contribution is 2.24. The highest BCUT2D eigenvalue weighted by atomic mass is 28.3. The molecule has 1 atom stereocenters. The quantitative estimate of drug-likeness (QED) is 0.206. The van der Waals surface area contributed by atoms with Crippen LogP contribution in [0, 0.1) is 6.92 Å². The molecule has 1 amide bonds. The van der Waals surface area contributed by atoms with Gasteiger partial charge in [0.1, 0.15) is 11.6 Å². The van der Waals surface area contributed by atoms with Gasteiger partial charge in [-0.15, -0.1) is 0 Å². The SMILES string of the molecule is CC[Si](CC)(CCCCc1ccc(C)cc1)c1ccc(C[C@H](NC(=O)OC(C)(C)C)C(=O)OC)cc1. The van der Waals surface area contributed by atoms with E-state index in [0.29, 0.717) is 6.42 Å². The molecule has 0 unspecified atom stereocenters. The average molecular weight is 512 g/mol. The molecule has 2 aromatic carbocycles. The van der Waals surface area contributed by atoms with Gasteiger partial charge in [-0.25, -0.2) is 9.59 Å². The van der Waals surface area contributed by atoms with Crippen molar-refractivity contribution < 1.29 is 19.1 Å². The van der Waals surface area contributed by atoms with Gasteiger partial charge < -0.3 is 14.8 Å². The molecule has 0 aliphatic rings. The Bertz CT molecular complexity index is 960. The molecule has 0 aromatic heterocycles. The zero-order valence-electron chi connectivity index (χ0n) is 23.3. The maximum Gasteiger partial charge on any atom is 0.408 e. The van der Waals surface area contributed by atoms with Gasteiger partial charge in [0.25, 0.3) is 0 Å². The van der Waals surface area contributed by atoms with Crippen molar-refractivity contribution in [1.29, 1.82) is 0 Å². The molecule has 1 N–H and O–H groups in total. The fourth-order valence-corrected chi connectivity index (χ4v) is 8.83. The number of hydrogen-bond acceptors (Lipinski definition) is 4. The Labute approximate surface area is 219 Å². The van der Waals surface area contributed by atoms with Crippen LogP contribution in [-0.2, 0) is 27.1 Å². The number of unbranched alkanes of at least 4 members (excludes halogenated alkanes) is 1. The molecule has 6 heteroatoms. The topological polar surface area (TPSA) is 64.6 Å². The van der Waals surface area contributed by atoms with E-state index in [0.717, 1.165) is 12.0 Å². The summed E-state index contributed by atoms with van der Waals surface area (Å²) in [5, 5.41) is 4.14. The Hall–Kier alpha value is -2.60. The van der Waals surface area contributed by atoms with E-state index in [4.69, 9.17) is 9.47 Å². The predicted octanol–water partition coefficient (Wildman–Crippen LogP) is 6.32. The van der Waals surface area contributed by atoms with Crippen LogP contribution in [0.4, 0.5) is 4.79 Å². The molecule has 0 fully saturated rings. The number of amides is 1. The molecule has 0 aliphatic heterocycles. The summed E-state index contributed by atoms with van der Waals surface area (Å²) >= 11 is 0. The van der Waals surface area contributed by atoms with Gasteiger partial charge >= 0.3 is 12.1 Å². The standard InChI is InChI=1S/C30H45NO4Si/c1-8-36(9-2,21-11-10-12-24-15-13-23(3)14-16-24)26-19-17-25(18-20-26)22-27(28(32)34-7)31-29(33)35-30(4,5)6/h13-20,27H,8-12,21-22H2,1-7H3,(H,31,33)/t27-/m0/s1. The third-order valence-corrected chi connectivity index (χ3v) is 12.6. The summed E-state index contributed by atoms with van der Waals surface area (Å²) in [4.78, 5) is 24.6. The van der Waals surface area contributed by atoms with Gasteiger partial charge in [-0.3, -0.25) is 0 Å². The summed E-state index contributed by atoms with van der Waals surface area (Å²) in [7, 11) is -0.263. The summed E-state index contributed by atoms with van der Waals surface area (Å²) in [6, 6.07) is 20.5. The monoisotopic (exact) mass is 511 g/mol. The second-order valence-electron chi connectivity index (χ2n) is 10.8. The van der Waals surface area contributed by atoms with Crippen LogP contribution >= 0.6 is 0 Å². The third-order valence-electron chi connectivity index (χ3n) is 7.03. The lowest BCUT2D eigenvalue weighted by atomic mass is 10.1. The molecule has 198 valence electrons. The number of nitrogens with one attached hydrogen (secondary N) is 1. The smallest absolute Gasteiger partial charge is 0.408 e. The maximum absolute atomic E-state index is 12.3. The highest BCUT2D eigenvalue weighted by molar-refractivity contribution is 6.91. The molecule has 2 rings (SSSR count). The van der Waals surface area contributed by atoms with Crippen molar-refractivity contribution in [2.45, 2.75) is 97.0 Å². The minimum atomic E-state index is -1.59. The lowest BCUT2D eigenvalue weighted by molar-refractivity contribution is -0.143. The lowest BCUT2D eigenvalue weighted by Crippen LogP contribution is -2.46. The van der Waals surface area contributed by atoms with Crippen molar-refractivity contribution in [1.82, 2.24) is 5.32 Å². The van der Waals surface area contributed by atoms with E-state index in [9.17, 15) is 9.59 Å². The molecule has 0 spiro atoms. The first kappa shape index (κ1) is 29.6. The largest absolute Gasteiger partial charge is 0.467 e. The molecule has 5 nitrogen and oxygen atoms in total. The van der Waals surface area contributed by atoms with Crippen LogP contribution < -0.4 is 10.5 Å².